The van der Waals surface area contributed by atoms with E-state index in [1.165, 1.54) is 100 Å². The SMILES string of the molecule is C1=CC(N(C2=CC=C(c3ccccc3)CC2)c2ccccc2-c2ccccc2)Cc2c1c1c3ccccc3ccc1n2C1=Cc2c(c3ccccc3n2-c2ccccc2)CC1. The monoisotopic (exact) mass is 783 g/mol. The van der Waals surface area contributed by atoms with E-state index in [-0.39, 0.29) is 6.04 Å². The van der Waals surface area contributed by atoms with Gasteiger partial charge in [0.25, 0.3) is 0 Å². The maximum atomic E-state index is 2.67. The van der Waals surface area contributed by atoms with Gasteiger partial charge in [0.05, 0.1) is 22.8 Å². The van der Waals surface area contributed by atoms with Crippen LogP contribution in [0, 0.1) is 0 Å². The summed E-state index contributed by atoms with van der Waals surface area (Å²) in [4.78, 5) is 2.67. The van der Waals surface area contributed by atoms with Gasteiger partial charge in [0.1, 0.15) is 0 Å². The topological polar surface area (TPSA) is 13.1 Å². The number of nitrogens with zero attached hydrogens (tertiary/aromatic N) is 3. The number of anilines is 1. The van der Waals surface area contributed by atoms with E-state index in [9.17, 15) is 0 Å². The Hall–Kier alpha value is -7.36. The fourth-order valence-corrected chi connectivity index (χ4v) is 10.6. The molecule has 0 aliphatic heterocycles. The van der Waals surface area contributed by atoms with Crippen molar-refractivity contribution >= 4 is 61.7 Å². The van der Waals surface area contributed by atoms with Crippen LogP contribution in [-0.2, 0) is 12.8 Å². The molecule has 0 fully saturated rings. The summed E-state index contributed by atoms with van der Waals surface area (Å²) >= 11 is 0. The number of benzene rings is 7. The van der Waals surface area contributed by atoms with E-state index in [2.05, 4.69) is 220 Å². The number of hydrogen-bond donors (Lipinski definition) is 0. The fraction of sp³-hybridized carbons (Fsp3) is 0.103. The highest BCUT2D eigenvalue weighted by atomic mass is 15.2. The summed E-state index contributed by atoms with van der Waals surface area (Å²) in [6.07, 6.45) is 17.0. The highest BCUT2D eigenvalue weighted by Gasteiger charge is 2.32. The minimum atomic E-state index is 0.0973. The minimum Gasteiger partial charge on any atom is -0.337 e. The van der Waals surface area contributed by atoms with Gasteiger partial charge in [-0.15, -0.1) is 0 Å². The van der Waals surface area contributed by atoms with Gasteiger partial charge in [-0.2, -0.15) is 0 Å². The van der Waals surface area contributed by atoms with Crippen molar-refractivity contribution in [1.29, 1.82) is 0 Å². The largest absolute Gasteiger partial charge is 0.337 e. The first-order valence-corrected chi connectivity index (χ1v) is 21.8. The van der Waals surface area contributed by atoms with Gasteiger partial charge in [-0.3, -0.25) is 0 Å². The molecular formula is C58H45N3. The van der Waals surface area contributed by atoms with Gasteiger partial charge in [-0.25, -0.2) is 0 Å². The van der Waals surface area contributed by atoms with Crippen molar-refractivity contribution in [3.63, 3.8) is 0 Å². The van der Waals surface area contributed by atoms with Crippen LogP contribution >= 0.6 is 0 Å². The number of fused-ring (bicyclic) bond motifs is 8. The molecule has 61 heavy (non-hydrogen) atoms. The summed E-state index contributed by atoms with van der Waals surface area (Å²) in [7, 11) is 0. The Balaban J connectivity index is 1.06. The molecule has 3 nitrogen and oxygen atoms in total. The molecule has 0 bridgehead atoms. The third-order valence-corrected chi connectivity index (χ3v) is 13.3. The summed E-state index contributed by atoms with van der Waals surface area (Å²) in [6.45, 7) is 0. The lowest BCUT2D eigenvalue weighted by Gasteiger charge is -2.38. The summed E-state index contributed by atoms with van der Waals surface area (Å²) in [5.41, 5.74) is 18.4. The van der Waals surface area contributed by atoms with Crippen LogP contribution in [0.5, 0.6) is 0 Å². The second-order valence-electron chi connectivity index (χ2n) is 16.7. The summed E-state index contributed by atoms with van der Waals surface area (Å²) in [5.74, 6) is 0. The van der Waals surface area contributed by atoms with E-state index in [0.29, 0.717) is 0 Å². The number of para-hydroxylation sites is 3. The van der Waals surface area contributed by atoms with Crippen molar-refractivity contribution in [2.75, 3.05) is 4.90 Å². The number of hydrogen-bond acceptors (Lipinski definition) is 1. The fourth-order valence-electron chi connectivity index (χ4n) is 10.6. The molecule has 7 aromatic carbocycles. The molecule has 0 N–H and O–H groups in total. The predicted molar refractivity (Wildman–Crippen MR) is 258 cm³/mol. The molecule has 1 unspecified atom stereocenters. The lowest BCUT2D eigenvalue weighted by atomic mass is 9.91. The first kappa shape index (κ1) is 35.6. The van der Waals surface area contributed by atoms with Crippen molar-refractivity contribution in [3.8, 4) is 16.8 Å². The van der Waals surface area contributed by atoms with Gasteiger partial charge in [0, 0.05) is 56.8 Å². The van der Waals surface area contributed by atoms with Crippen LogP contribution in [0.1, 0.15) is 47.3 Å². The van der Waals surface area contributed by atoms with E-state index in [0.717, 1.165) is 32.1 Å². The highest BCUT2D eigenvalue weighted by molar-refractivity contribution is 6.13. The van der Waals surface area contributed by atoms with Crippen LogP contribution < -0.4 is 4.90 Å². The number of aryl methyl sites for hydroxylation is 1. The lowest BCUT2D eigenvalue weighted by Crippen LogP contribution is -2.37. The molecule has 9 aromatic rings. The molecule has 0 spiro atoms. The molecule has 3 aliphatic carbocycles. The molecule has 3 aliphatic rings. The van der Waals surface area contributed by atoms with E-state index < -0.39 is 0 Å². The van der Waals surface area contributed by atoms with Crippen LogP contribution in [0.3, 0.4) is 0 Å². The zero-order chi connectivity index (χ0) is 40.3. The molecule has 0 radical (unpaired) electrons. The van der Waals surface area contributed by atoms with E-state index in [1.54, 1.807) is 0 Å². The van der Waals surface area contributed by atoms with E-state index in [1.807, 2.05) is 0 Å². The van der Waals surface area contributed by atoms with Gasteiger partial charge in [-0.1, -0.05) is 164 Å². The predicted octanol–water partition coefficient (Wildman–Crippen LogP) is 14.6. The number of allylic oxidation sites excluding steroid dienone is 5. The van der Waals surface area contributed by atoms with Crippen LogP contribution in [0.4, 0.5) is 5.69 Å². The Morgan fingerprint density at radius 1 is 0.525 bits per heavy atom. The molecule has 2 heterocycles. The third-order valence-electron chi connectivity index (χ3n) is 13.3. The molecular weight excluding hydrogens is 739 g/mol. The molecule has 12 rings (SSSR count). The molecule has 0 saturated carbocycles. The molecule has 2 aromatic heterocycles. The zero-order valence-electron chi connectivity index (χ0n) is 34.1. The lowest BCUT2D eigenvalue weighted by molar-refractivity contribution is 0.692. The van der Waals surface area contributed by atoms with Gasteiger partial charge in [-0.05, 0) is 101 Å². The Bertz CT molecular complexity index is 3260. The second kappa shape index (κ2) is 14.7. The van der Waals surface area contributed by atoms with E-state index >= 15 is 0 Å². The standard InChI is InChI=1S/C58H45N3/c1-4-16-40(17-5-1)41-28-31-45(32-29-41)59(53-26-14-12-23-48(53)42-18-6-2-7-19-42)46-34-36-52-57(38-46)61(55-37-30-43-20-10-11-24-49(43)58(52)55)47-33-35-51-50-25-13-15-27-54(50)60(56(51)39-47)44-21-8-3-9-22-44/h1-28,30-31,34,36-37,39,46H,29,32-33,35,38H2. The minimum absolute atomic E-state index is 0.0973. The van der Waals surface area contributed by atoms with Gasteiger partial charge in [0.2, 0.25) is 0 Å². The summed E-state index contributed by atoms with van der Waals surface area (Å²) in [5, 5.41) is 5.29. The summed E-state index contributed by atoms with van der Waals surface area (Å²) in [6, 6.07) is 64.4. The molecule has 0 amide bonds. The van der Waals surface area contributed by atoms with Crippen LogP contribution in [0.25, 0.3) is 72.8 Å². The zero-order valence-corrected chi connectivity index (χ0v) is 34.1. The Morgan fingerprint density at radius 3 is 2.03 bits per heavy atom. The van der Waals surface area contributed by atoms with Gasteiger partial charge < -0.3 is 14.0 Å². The smallest absolute Gasteiger partial charge is 0.0577 e. The molecule has 292 valence electrons. The Morgan fingerprint density at radius 2 is 1.23 bits per heavy atom. The van der Waals surface area contributed by atoms with Crippen molar-refractivity contribution in [3.05, 3.63) is 228 Å². The van der Waals surface area contributed by atoms with Crippen molar-refractivity contribution in [2.45, 2.75) is 38.1 Å². The quantitative estimate of drug-likeness (QED) is 0.157. The van der Waals surface area contributed by atoms with Crippen LogP contribution in [0.15, 0.2) is 200 Å². The summed E-state index contributed by atoms with van der Waals surface area (Å²) < 4.78 is 5.14. The van der Waals surface area contributed by atoms with E-state index in [4.69, 9.17) is 0 Å². The van der Waals surface area contributed by atoms with Gasteiger partial charge >= 0.3 is 0 Å². The maximum Gasteiger partial charge on any atom is 0.0577 e. The Labute approximate surface area is 357 Å². The normalized spacial score (nSPS) is 15.9. The van der Waals surface area contributed by atoms with Crippen molar-refractivity contribution < 1.29 is 0 Å². The molecule has 3 heteroatoms. The third kappa shape index (κ3) is 5.95. The molecule has 0 saturated heterocycles. The Kier molecular flexibility index (Phi) is 8.59. The van der Waals surface area contributed by atoms with Crippen molar-refractivity contribution in [2.24, 2.45) is 0 Å². The average Bonchev–Trinajstić information content (AvgIpc) is 3.85. The number of rotatable bonds is 7. The highest BCUT2D eigenvalue weighted by Crippen LogP contribution is 2.45. The maximum absolute atomic E-state index is 2.67. The molecule has 1 atom stereocenters. The first-order chi connectivity index (χ1) is 30.3. The van der Waals surface area contributed by atoms with Gasteiger partial charge in [0.15, 0.2) is 0 Å². The van der Waals surface area contributed by atoms with Crippen LogP contribution in [-0.4, -0.2) is 15.2 Å². The van der Waals surface area contributed by atoms with Crippen LogP contribution in [0.2, 0.25) is 0 Å². The first-order valence-electron chi connectivity index (χ1n) is 21.8. The van der Waals surface area contributed by atoms with Crippen molar-refractivity contribution in [1.82, 2.24) is 9.13 Å². The second-order valence-corrected chi connectivity index (χ2v) is 16.7. The average molecular weight is 784 g/mol. The number of aromatic nitrogens is 2.